The van der Waals surface area contributed by atoms with Crippen LogP contribution in [0.4, 0.5) is 0 Å². The van der Waals surface area contributed by atoms with Crippen molar-refractivity contribution < 1.29 is 19.4 Å². The second-order valence-electron chi connectivity index (χ2n) is 9.84. The third kappa shape index (κ3) is 4.39. The van der Waals surface area contributed by atoms with Crippen LogP contribution >= 0.6 is 0 Å². The number of carbonyl (C=O) groups excluding carboxylic acids is 1. The van der Waals surface area contributed by atoms with Crippen molar-refractivity contribution in [2.45, 2.75) is 24.4 Å². The van der Waals surface area contributed by atoms with E-state index in [1.807, 2.05) is 84.9 Å². The average molecular weight is 503 g/mol. The minimum Gasteiger partial charge on any atom is -0.481 e. The molecule has 3 unspecified atom stereocenters. The van der Waals surface area contributed by atoms with Crippen LogP contribution in [0.15, 0.2) is 104 Å². The largest absolute Gasteiger partial charge is 0.481 e. The molecule has 0 bridgehead atoms. The Morgan fingerprint density at radius 2 is 1.42 bits per heavy atom. The highest BCUT2D eigenvalue weighted by Gasteiger charge is 2.59. The van der Waals surface area contributed by atoms with Crippen LogP contribution < -0.4 is 0 Å². The Labute approximate surface area is 220 Å². The molecule has 0 amide bonds. The van der Waals surface area contributed by atoms with Crippen LogP contribution in [0.3, 0.4) is 0 Å². The lowest BCUT2D eigenvalue weighted by atomic mass is 9.52. The summed E-state index contributed by atoms with van der Waals surface area (Å²) in [5, 5.41) is 10.2. The zero-order valence-corrected chi connectivity index (χ0v) is 20.6. The van der Waals surface area contributed by atoms with E-state index in [-0.39, 0.29) is 5.97 Å². The third-order valence-electron chi connectivity index (χ3n) is 7.69. The first kappa shape index (κ1) is 23.8. The maximum absolute atomic E-state index is 13.7. The molecule has 0 spiro atoms. The summed E-state index contributed by atoms with van der Waals surface area (Å²) in [5.74, 6) is -3.47. The molecule has 0 radical (unpaired) electrons. The molecule has 6 nitrogen and oxygen atoms in total. The molecule has 2 aliphatic carbocycles. The van der Waals surface area contributed by atoms with Gasteiger partial charge in [0.2, 0.25) is 0 Å². The molecule has 0 aliphatic heterocycles. The molecule has 1 saturated carbocycles. The van der Waals surface area contributed by atoms with E-state index in [1.54, 1.807) is 12.4 Å². The molecule has 2 aliphatic rings. The number of carbonyl (C=O) groups is 2. The topological polar surface area (TPSA) is 89.4 Å². The summed E-state index contributed by atoms with van der Waals surface area (Å²) in [7, 11) is 0. The van der Waals surface area contributed by atoms with E-state index >= 15 is 0 Å². The summed E-state index contributed by atoms with van der Waals surface area (Å²) in [6.07, 6.45) is 9.10. The Morgan fingerprint density at radius 1 is 0.789 bits per heavy atom. The maximum Gasteiger partial charge on any atom is 0.310 e. The fourth-order valence-electron chi connectivity index (χ4n) is 5.90. The van der Waals surface area contributed by atoms with Gasteiger partial charge in [-0.2, -0.15) is 0 Å². The van der Waals surface area contributed by atoms with Gasteiger partial charge in [0.25, 0.3) is 0 Å². The number of fused-ring (bicyclic) bond motifs is 1. The molecule has 3 aromatic carbocycles. The van der Waals surface area contributed by atoms with E-state index < -0.39 is 35.7 Å². The minimum atomic E-state index is -0.900. The summed E-state index contributed by atoms with van der Waals surface area (Å²) >= 11 is 0. The van der Waals surface area contributed by atoms with Gasteiger partial charge >= 0.3 is 11.9 Å². The molecule has 38 heavy (non-hydrogen) atoms. The van der Waals surface area contributed by atoms with Gasteiger partial charge in [0, 0.05) is 36.2 Å². The van der Waals surface area contributed by atoms with E-state index in [4.69, 9.17) is 4.74 Å². The Kier molecular flexibility index (Phi) is 6.30. The highest BCUT2D eigenvalue weighted by atomic mass is 16.5. The van der Waals surface area contributed by atoms with Gasteiger partial charge in [-0.1, -0.05) is 78.9 Å². The van der Waals surface area contributed by atoms with Gasteiger partial charge in [-0.05, 0) is 40.0 Å². The standard InChI is InChI=1S/C32H26N2O4/c35-31(36)29-27(20-7-3-1-4-8-20)30(28(29)21-9-5-2-6-10-21)32(37)38-26-14-13-22-15-23(11-12-24(22)16-26)25-17-33-19-34-18-25/h1-15,17-19,26-30H,16H2,(H,35,36)/t26?,27-,28?,29?,30+/m0/s1. The monoisotopic (exact) mass is 502 g/mol. The molecule has 6 rings (SSSR count). The minimum absolute atomic E-state index is 0.360. The van der Waals surface area contributed by atoms with Crippen LogP contribution in [0, 0.1) is 11.8 Å². The molecule has 1 aromatic heterocycles. The lowest BCUT2D eigenvalue weighted by Crippen LogP contribution is -2.52. The highest BCUT2D eigenvalue weighted by molar-refractivity contribution is 5.85. The first-order valence-corrected chi connectivity index (χ1v) is 12.7. The molecular weight excluding hydrogens is 476 g/mol. The summed E-state index contributed by atoms with van der Waals surface area (Å²) in [4.78, 5) is 34.3. The maximum atomic E-state index is 13.7. The van der Waals surface area contributed by atoms with E-state index in [0.29, 0.717) is 6.42 Å². The number of nitrogens with zero attached hydrogens (tertiary/aromatic N) is 2. The number of aromatic nitrogens is 2. The molecular formula is C32H26N2O4. The van der Waals surface area contributed by atoms with Gasteiger partial charge in [-0.3, -0.25) is 9.59 Å². The van der Waals surface area contributed by atoms with Crippen LogP contribution in [-0.4, -0.2) is 33.1 Å². The van der Waals surface area contributed by atoms with Crippen molar-refractivity contribution in [3.63, 3.8) is 0 Å². The lowest BCUT2D eigenvalue weighted by Gasteiger charge is -2.49. The van der Waals surface area contributed by atoms with Gasteiger partial charge in [0.15, 0.2) is 0 Å². The van der Waals surface area contributed by atoms with Crippen LogP contribution in [0.25, 0.3) is 17.2 Å². The fraction of sp³-hybridized carbons (Fsp3) is 0.188. The van der Waals surface area contributed by atoms with Crippen molar-refractivity contribution in [1.82, 2.24) is 9.97 Å². The number of hydrogen-bond donors (Lipinski definition) is 1. The SMILES string of the molecule is O=C(O)C1C(c2ccccc2)[C@H](C(=O)OC2C=Cc3cc(-c4cncnc4)ccc3C2)[C@H]1c1ccccc1. The second kappa shape index (κ2) is 10.1. The van der Waals surface area contributed by atoms with Crippen LogP contribution in [-0.2, 0) is 20.7 Å². The molecule has 6 heteroatoms. The third-order valence-corrected chi connectivity index (χ3v) is 7.69. The number of rotatable bonds is 6. The first-order valence-electron chi connectivity index (χ1n) is 12.7. The number of benzene rings is 3. The summed E-state index contributed by atoms with van der Waals surface area (Å²) < 4.78 is 6.06. The molecule has 4 aromatic rings. The molecule has 1 fully saturated rings. The van der Waals surface area contributed by atoms with Crippen molar-refractivity contribution in [3.05, 3.63) is 126 Å². The Bertz CT molecular complexity index is 1440. The number of carboxylic acids is 1. The van der Waals surface area contributed by atoms with Crippen molar-refractivity contribution >= 4 is 18.0 Å². The van der Waals surface area contributed by atoms with Crippen molar-refractivity contribution in [2.75, 3.05) is 0 Å². The predicted molar refractivity (Wildman–Crippen MR) is 143 cm³/mol. The first-order chi connectivity index (χ1) is 18.6. The summed E-state index contributed by atoms with van der Waals surface area (Å²) in [6.45, 7) is 0. The number of carboxylic acid groups (broad SMARTS) is 1. The van der Waals surface area contributed by atoms with Crippen molar-refractivity contribution in [2.24, 2.45) is 11.8 Å². The van der Waals surface area contributed by atoms with Gasteiger partial charge in [0.1, 0.15) is 12.4 Å². The molecule has 1 N–H and O–H groups in total. The highest BCUT2D eigenvalue weighted by Crippen LogP contribution is 2.58. The number of ether oxygens (including phenoxy) is 1. The summed E-state index contributed by atoms with van der Waals surface area (Å²) in [5.41, 5.74) is 5.80. The van der Waals surface area contributed by atoms with Crippen LogP contribution in [0.5, 0.6) is 0 Å². The molecule has 188 valence electrons. The Morgan fingerprint density at radius 3 is 2.03 bits per heavy atom. The second-order valence-corrected chi connectivity index (χ2v) is 9.84. The van der Waals surface area contributed by atoms with Gasteiger partial charge in [0.05, 0.1) is 11.8 Å². The van der Waals surface area contributed by atoms with Crippen LogP contribution in [0.1, 0.15) is 34.1 Å². The quantitative estimate of drug-likeness (QED) is 0.349. The zero-order chi connectivity index (χ0) is 26.1. The van der Waals surface area contributed by atoms with Crippen LogP contribution in [0.2, 0.25) is 0 Å². The molecule has 1 heterocycles. The summed E-state index contributed by atoms with van der Waals surface area (Å²) in [6, 6.07) is 25.0. The normalized spacial score (nSPS) is 23.6. The van der Waals surface area contributed by atoms with Gasteiger partial charge in [-0.25, -0.2) is 9.97 Å². The molecule has 0 saturated heterocycles. The number of aliphatic carboxylic acids is 1. The van der Waals surface area contributed by atoms with E-state index in [9.17, 15) is 14.7 Å². The predicted octanol–water partition coefficient (Wildman–Crippen LogP) is 5.52. The van der Waals surface area contributed by atoms with Crippen molar-refractivity contribution in [3.8, 4) is 11.1 Å². The smallest absolute Gasteiger partial charge is 0.310 e. The van der Waals surface area contributed by atoms with E-state index in [1.165, 1.54) is 6.33 Å². The Hall–Kier alpha value is -4.58. The van der Waals surface area contributed by atoms with Gasteiger partial charge < -0.3 is 9.84 Å². The number of hydrogen-bond acceptors (Lipinski definition) is 5. The molecule has 5 atom stereocenters. The average Bonchev–Trinajstić information content (AvgIpc) is 2.93. The van der Waals surface area contributed by atoms with E-state index in [0.717, 1.165) is 33.4 Å². The fourth-order valence-corrected chi connectivity index (χ4v) is 5.90. The zero-order valence-electron chi connectivity index (χ0n) is 20.6. The van der Waals surface area contributed by atoms with Gasteiger partial charge in [-0.15, -0.1) is 0 Å². The van der Waals surface area contributed by atoms with E-state index in [2.05, 4.69) is 16.0 Å². The number of esters is 1. The Balaban J connectivity index is 1.26. The van der Waals surface area contributed by atoms with Crippen molar-refractivity contribution in [1.29, 1.82) is 0 Å². The lowest BCUT2D eigenvalue weighted by molar-refractivity contribution is -0.166.